The van der Waals surface area contributed by atoms with Crippen LogP contribution in [0, 0.1) is 0 Å². The number of aryl methyl sites for hydroxylation is 1. The van der Waals surface area contributed by atoms with Crippen molar-refractivity contribution in [3.63, 3.8) is 0 Å². The summed E-state index contributed by atoms with van der Waals surface area (Å²) in [6, 6.07) is 6.45. The molecule has 3 aromatic heterocycles. The highest BCUT2D eigenvalue weighted by Gasteiger charge is 2.20. The molecule has 0 aromatic carbocycles. The SMILES string of the molecule is CCc1cc2c(N3CCN(Cc4ccncc4)CC3)ncnc2s1. The molecule has 1 aliphatic rings. The maximum absolute atomic E-state index is 4.58. The Morgan fingerprint density at radius 2 is 1.88 bits per heavy atom. The van der Waals surface area contributed by atoms with Crippen LogP contribution in [0.3, 0.4) is 0 Å². The van der Waals surface area contributed by atoms with Crippen LogP contribution in [0.25, 0.3) is 10.2 Å². The number of aromatic nitrogens is 3. The van der Waals surface area contributed by atoms with E-state index in [1.54, 1.807) is 17.7 Å². The summed E-state index contributed by atoms with van der Waals surface area (Å²) in [6.07, 6.45) is 6.49. The smallest absolute Gasteiger partial charge is 0.140 e. The molecule has 0 N–H and O–H groups in total. The standard InChI is InChI=1S/C18H21N5S/c1-2-15-11-16-17(20-13-21-18(16)24-15)23-9-7-22(8-10-23)12-14-3-5-19-6-4-14/h3-6,11,13H,2,7-10,12H2,1H3. The monoisotopic (exact) mass is 339 g/mol. The lowest BCUT2D eigenvalue weighted by Gasteiger charge is -2.35. The number of piperazine rings is 1. The van der Waals surface area contributed by atoms with E-state index in [0.29, 0.717) is 0 Å². The molecule has 6 heteroatoms. The van der Waals surface area contributed by atoms with E-state index >= 15 is 0 Å². The predicted molar refractivity (Wildman–Crippen MR) is 98.5 cm³/mol. The Hall–Kier alpha value is -2.05. The number of thiophene rings is 1. The summed E-state index contributed by atoms with van der Waals surface area (Å²) in [5.41, 5.74) is 1.33. The van der Waals surface area contributed by atoms with Crippen LogP contribution >= 0.6 is 11.3 Å². The number of fused-ring (bicyclic) bond motifs is 1. The first-order valence-electron chi connectivity index (χ1n) is 8.43. The average Bonchev–Trinajstić information content (AvgIpc) is 3.07. The number of pyridine rings is 1. The fourth-order valence-electron chi connectivity index (χ4n) is 3.18. The van der Waals surface area contributed by atoms with E-state index in [2.05, 4.69) is 49.9 Å². The second-order valence-corrected chi connectivity index (χ2v) is 7.22. The van der Waals surface area contributed by atoms with Crippen LogP contribution in [0.15, 0.2) is 36.9 Å². The molecule has 0 unspecified atom stereocenters. The Bertz CT molecular complexity index is 809. The summed E-state index contributed by atoms with van der Waals surface area (Å²) in [6.45, 7) is 7.31. The summed E-state index contributed by atoms with van der Waals surface area (Å²) >= 11 is 1.78. The predicted octanol–water partition coefficient (Wildman–Crippen LogP) is 2.97. The summed E-state index contributed by atoms with van der Waals surface area (Å²) < 4.78 is 0. The van der Waals surface area contributed by atoms with Gasteiger partial charge in [0.05, 0.1) is 5.39 Å². The van der Waals surface area contributed by atoms with Gasteiger partial charge in [-0.2, -0.15) is 0 Å². The Morgan fingerprint density at radius 1 is 1.08 bits per heavy atom. The molecule has 0 radical (unpaired) electrons. The molecule has 0 spiro atoms. The number of hydrogen-bond donors (Lipinski definition) is 0. The zero-order valence-corrected chi connectivity index (χ0v) is 14.7. The number of nitrogens with zero attached hydrogens (tertiary/aromatic N) is 5. The molecule has 4 heterocycles. The molecule has 3 aromatic rings. The quantitative estimate of drug-likeness (QED) is 0.731. The molecular weight excluding hydrogens is 318 g/mol. The van der Waals surface area contributed by atoms with E-state index in [9.17, 15) is 0 Å². The van der Waals surface area contributed by atoms with Crippen molar-refractivity contribution in [1.29, 1.82) is 0 Å². The number of rotatable bonds is 4. The van der Waals surface area contributed by atoms with Gasteiger partial charge in [-0.15, -0.1) is 11.3 Å². The van der Waals surface area contributed by atoms with Gasteiger partial charge in [0.25, 0.3) is 0 Å². The molecule has 5 nitrogen and oxygen atoms in total. The normalized spacial score (nSPS) is 16.0. The topological polar surface area (TPSA) is 45.2 Å². The third-order valence-electron chi connectivity index (χ3n) is 4.54. The maximum atomic E-state index is 4.58. The van der Waals surface area contributed by atoms with Gasteiger partial charge in [-0.3, -0.25) is 9.88 Å². The van der Waals surface area contributed by atoms with E-state index in [4.69, 9.17) is 0 Å². The van der Waals surface area contributed by atoms with Crippen LogP contribution in [0.4, 0.5) is 5.82 Å². The molecule has 0 bridgehead atoms. The van der Waals surface area contributed by atoms with E-state index in [1.165, 1.54) is 15.8 Å². The molecule has 0 atom stereocenters. The van der Waals surface area contributed by atoms with Gasteiger partial charge in [0.2, 0.25) is 0 Å². The van der Waals surface area contributed by atoms with Gasteiger partial charge in [0.1, 0.15) is 17.0 Å². The summed E-state index contributed by atoms with van der Waals surface area (Å²) in [4.78, 5) is 20.5. The van der Waals surface area contributed by atoms with Crippen molar-refractivity contribution < 1.29 is 0 Å². The van der Waals surface area contributed by atoms with Crippen LogP contribution in [0.5, 0.6) is 0 Å². The van der Waals surface area contributed by atoms with Gasteiger partial charge >= 0.3 is 0 Å². The first-order valence-corrected chi connectivity index (χ1v) is 9.25. The molecule has 1 aliphatic heterocycles. The molecule has 0 aliphatic carbocycles. The molecule has 1 saturated heterocycles. The third kappa shape index (κ3) is 3.12. The fourth-order valence-corrected chi connectivity index (χ4v) is 4.11. The van der Waals surface area contributed by atoms with Crippen molar-refractivity contribution >= 4 is 27.4 Å². The van der Waals surface area contributed by atoms with Crippen molar-refractivity contribution in [3.8, 4) is 0 Å². The zero-order chi connectivity index (χ0) is 16.4. The largest absolute Gasteiger partial charge is 0.353 e. The lowest BCUT2D eigenvalue weighted by atomic mass is 10.2. The van der Waals surface area contributed by atoms with Gasteiger partial charge in [-0.05, 0) is 30.2 Å². The lowest BCUT2D eigenvalue weighted by Crippen LogP contribution is -2.46. The molecule has 0 saturated carbocycles. The van der Waals surface area contributed by atoms with Crippen LogP contribution in [-0.4, -0.2) is 46.0 Å². The van der Waals surface area contributed by atoms with E-state index < -0.39 is 0 Å². The Labute approximate surface area is 146 Å². The molecular formula is C18H21N5S. The molecule has 124 valence electrons. The highest BCUT2D eigenvalue weighted by atomic mass is 32.1. The van der Waals surface area contributed by atoms with Crippen LogP contribution in [0.1, 0.15) is 17.4 Å². The van der Waals surface area contributed by atoms with Gasteiger partial charge in [-0.1, -0.05) is 6.92 Å². The Balaban J connectivity index is 1.47. The van der Waals surface area contributed by atoms with Crippen molar-refractivity contribution in [2.45, 2.75) is 19.9 Å². The molecule has 0 amide bonds. The minimum absolute atomic E-state index is 0.994. The zero-order valence-electron chi connectivity index (χ0n) is 13.9. The second-order valence-electron chi connectivity index (χ2n) is 6.10. The highest BCUT2D eigenvalue weighted by Crippen LogP contribution is 2.31. The van der Waals surface area contributed by atoms with E-state index in [-0.39, 0.29) is 0 Å². The van der Waals surface area contributed by atoms with Crippen molar-refractivity contribution in [2.24, 2.45) is 0 Å². The van der Waals surface area contributed by atoms with Gasteiger partial charge < -0.3 is 4.90 Å². The minimum Gasteiger partial charge on any atom is -0.353 e. The van der Waals surface area contributed by atoms with E-state index in [0.717, 1.165) is 49.8 Å². The highest BCUT2D eigenvalue weighted by molar-refractivity contribution is 7.18. The summed E-state index contributed by atoms with van der Waals surface area (Å²) in [5, 5.41) is 1.21. The lowest BCUT2D eigenvalue weighted by molar-refractivity contribution is 0.249. The first-order chi connectivity index (χ1) is 11.8. The molecule has 4 rings (SSSR count). The van der Waals surface area contributed by atoms with Crippen molar-refractivity contribution in [3.05, 3.63) is 47.4 Å². The van der Waals surface area contributed by atoms with Crippen LogP contribution < -0.4 is 4.90 Å². The minimum atomic E-state index is 0.994. The molecule has 1 fully saturated rings. The first kappa shape index (κ1) is 15.5. The van der Waals surface area contributed by atoms with Gasteiger partial charge in [0, 0.05) is 50.0 Å². The van der Waals surface area contributed by atoms with E-state index in [1.807, 2.05) is 12.4 Å². The van der Waals surface area contributed by atoms with Gasteiger partial charge in [-0.25, -0.2) is 9.97 Å². The average molecular weight is 339 g/mol. The van der Waals surface area contributed by atoms with Crippen molar-refractivity contribution in [2.75, 3.05) is 31.1 Å². The van der Waals surface area contributed by atoms with Crippen molar-refractivity contribution in [1.82, 2.24) is 19.9 Å². The second kappa shape index (κ2) is 6.83. The van der Waals surface area contributed by atoms with Gasteiger partial charge in [0.15, 0.2) is 0 Å². The molecule has 24 heavy (non-hydrogen) atoms. The Morgan fingerprint density at radius 3 is 2.62 bits per heavy atom. The number of hydrogen-bond acceptors (Lipinski definition) is 6. The fraction of sp³-hybridized carbons (Fsp3) is 0.389. The Kier molecular flexibility index (Phi) is 4.40. The summed E-state index contributed by atoms with van der Waals surface area (Å²) in [7, 11) is 0. The number of anilines is 1. The maximum Gasteiger partial charge on any atom is 0.140 e. The van der Waals surface area contributed by atoms with Crippen LogP contribution in [-0.2, 0) is 13.0 Å². The summed E-state index contributed by atoms with van der Waals surface area (Å²) in [5.74, 6) is 1.10. The third-order valence-corrected chi connectivity index (χ3v) is 5.72. The van der Waals surface area contributed by atoms with Crippen LogP contribution in [0.2, 0.25) is 0 Å².